The van der Waals surface area contributed by atoms with Gasteiger partial charge < -0.3 is 14.8 Å². The Labute approximate surface area is 97.7 Å². The Hall–Kier alpha value is -2.04. The summed E-state index contributed by atoms with van der Waals surface area (Å²) in [6, 6.07) is 5.10. The van der Waals surface area contributed by atoms with Crippen molar-refractivity contribution in [3.8, 4) is 11.5 Å². The third-order valence-electron chi connectivity index (χ3n) is 3.01. The van der Waals surface area contributed by atoms with Crippen molar-refractivity contribution in [2.24, 2.45) is 5.92 Å². The van der Waals surface area contributed by atoms with Crippen molar-refractivity contribution >= 4 is 11.7 Å². The van der Waals surface area contributed by atoms with Crippen molar-refractivity contribution in [1.29, 1.82) is 0 Å². The molecule has 1 unspecified atom stereocenters. The molecule has 1 aromatic carbocycles. The molecule has 1 atom stereocenters. The van der Waals surface area contributed by atoms with Crippen molar-refractivity contribution in [1.82, 2.24) is 5.32 Å². The molecule has 0 radical (unpaired) electrons. The van der Waals surface area contributed by atoms with E-state index in [0.717, 1.165) is 0 Å². The van der Waals surface area contributed by atoms with E-state index in [9.17, 15) is 9.59 Å². The van der Waals surface area contributed by atoms with Crippen LogP contribution in [0.25, 0.3) is 0 Å². The van der Waals surface area contributed by atoms with Gasteiger partial charge in [0.1, 0.15) is 0 Å². The number of hydrogen-bond donors (Lipinski definition) is 1. The van der Waals surface area contributed by atoms with E-state index in [4.69, 9.17) is 9.47 Å². The molecule has 17 heavy (non-hydrogen) atoms. The van der Waals surface area contributed by atoms with Crippen LogP contribution in [0.3, 0.4) is 0 Å². The third-order valence-corrected chi connectivity index (χ3v) is 3.01. The maximum absolute atomic E-state index is 12.1. The molecule has 5 heteroatoms. The molecule has 1 fully saturated rings. The monoisotopic (exact) mass is 233 g/mol. The minimum Gasteiger partial charge on any atom is -0.454 e. The van der Waals surface area contributed by atoms with Gasteiger partial charge in [-0.05, 0) is 18.2 Å². The summed E-state index contributed by atoms with van der Waals surface area (Å²) in [7, 11) is 0. The number of benzene rings is 1. The quantitative estimate of drug-likeness (QED) is 0.765. The van der Waals surface area contributed by atoms with Crippen LogP contribution < -0.4 is 14.8 Å². The molecule has 0 bridgehead atoms. The molecule has 1 amide bonds. The Balaban J connectivity index is 1.84. The molecule has 2 heterocycles. The van der Waals surface area contributed by atoms with Crippen LogP contribution in [-0.2, 0) is 4.79 Å². The molecule has 1 aromatic rings. The van der Waals surface area contributed by atoms with Crippen LogP contribution in [0.4, 0.5) is 0 Å². The van der Waals surface area contributed by atoms with Crippen LogP contribution in [0, 0.1) is 5.92 Å². The van der Waals surface area contributed by atoms with Crippen LogP contribution in [0.1, 0.15) is 16.8 Å². The number of fused-ring (bicyclic) bond motifs is 1. The summed E-state index contributed by atoms with van der Waals surface area (Å²) in [5.41, 5.74) is 0.566. The van der Waals surface area contributed by atoms with Crippen molar-refractivity contribution < 1.29 is 19.1 Å². The zero-order valence-corrected chi connectivity index (χ0v) is 9.06. The lowest BCUT2D eigenvalue weighted by Gasteiger charge is -2.06. The summed E-state index contributed by atoms with van der Waals surface area (Å²) >= 11 is 0. The number of carbonyl (C=O) groups is 2. The molecule has 88 valence electrons. The first-order chi connectivity index (χ1) is 8.24. The van der Waals surface area contributed by atoms with E-state index in [0.29, 0.717) is 23.6 Å². The minimum absolute atomic E-state index is 0.0262. The van der Waals surface area contributed by atoms with E-state index in [2.05, 4.69) is 5.32 Å². The van der Waals surface area contributed by atoms with Crippen molar-refractivity contribution in [2.45, 2.75) is 6.42 Å². The average molecular weight is 233 g/mol. The molecule has 5 nitrogen and oxygen atoms in total. The molecule has 0 spiro atoms. The van der Waals surface area contributed by atoms with Gasteiger partial charge in [-0.25, -0.2) is 0 Å². The van der Waals surface area contributed by atoms with Gasteiger partial charge in [-0.2, -0.15) is 0 Å². The summed E-state index contributed by atoms with van der Waals surface area (Å²) in [6.07, 6.45) is 0.271. The van der Waals surface area contributed by atoms with E-state index >= 15 is 0 Å². The number of rotatable bonds is 2. The van der Waals surface area contributed by atoms with Crippen LogP contribution in [0.15, 0.2) is 18.2 Å². The second kappa shape index (κ2) is 3.76. The highest BCUT2D eigenvalue weighted by Gasteiger charge is 2.29. The number of Topliss-reactive ketones (excluding diaryl/α,β-unsaturated/α-hetero) is 1. The molecule has 0 saturated carbocycles. The highest BCUT2D eigenvalue weighted by molar-refractivity contribution is 6.01. The Kier molecular flexibility index (Phi) is 2.24. The Bertz CT molecular complexity index is 497. The van der Waals surface area contributed by atoms with E-state index in [1.165, 1.54) is 0 Å². The molecule has 2 aliphatic heterocycles. The number of carbonyl (C=O) groups excluding carboxylic acids is 2. The number of ether oxygens (including phenoxy) is 2. The smallest absolute Gasteiger partial charge is 0.231 e. The standard InChI is InChI=1S/C12H11NO4/c14-11-4-8(5-13-11)12(15)7-1-2-9-10(3-7)17-6-16-9/h1-3,8H,4-6H2,(H,13,14). The molecule has 2 aliphatic rings. The second-order valence-corrected chi connectivity index (χ2v) is 4.14. The first kappa shape index (κ1) is 10.1. The van der Waals surface area contributed by atoms with Crippen LogP contribution in [0.2, 0.25) is 0 Å². The van der Waals surface area contributed by atoms with E-state index < -0.39 is 0 Å². The van der Waals surface area contributed by atoms with Gasteiger partial charge in [-0.3, -0.25) is 9.59 Å². The SMILES string of the molecule is O=C1CC(C(=O)c2ccc3c(c2)OCO3)CN1. The Morgan fingerprint density at radius 3 is 2.88 bits per heavy atom. The van der Waals surface area contributed by atoms with Gasteiger partial charge in [0.05, 0.1) is 0 Å². The lowest BCUT2D eigenvalue weighted by molar-refractivity contribution is -0.119. The van der Waals surface area contributed by atoms with Crippen molar-refractivity contribution in [2.75, 3.05) is 13.3 Å². The van der Waals surface area contributed by atoms with Crippen LogP contribution in [-0.4, -0.2) is 25.0 Å². The van der Waals surface area contributed by atoms with Gasteiger partial charge in [0, 0.05) is 24.4 Å². The topological polar surface area (TPSA) is 64.6 Å². The average Bonchev–Trinajstić information content (AvgIpc) is 2.95. The lowest BCUT2D eigenvalue weighted by atomic mass is 9.96. The fraction of sp³-hybridized carbons (Fsp3) is 0.333. The number of ketones is 1. The van der Waals surface area contributed by atoms with E-state index in [1.807, 2.05) is 0 Å². The van der Waals surface area contributed by atoms with Gasteiger partial charge in [0.25, 0.3) is 0 Å². The maximum Gasteiger partial charge on any atom is 0.231 e. The molecule has 3 rings (SSSR count). The largest absolute Gasteiger partial charge is 0.454 e. The molecule has 1 saturated heterocycles. The number of nitrogens with one attached hydrogen (secondary N) is 1. The summed E-state index contributed by atoms with van der Waals surface area (Å²) < 4.78 is 10.4. The normalized spacial score (nSPS) is 21.4. The number of amides is 1. The Morgan fingerprint density at radius 1 is 1.29 bits per heavy atom. The van der Waals surface area contributed by atoms with Crippen molar-refractivity contribution in [3.63, 3.8) is 0 Å². The first-order valence-corrected chi connectivity index (χ1v) is 5.44. The third kappa shape index (κ3) is 1.73. The summed E-state index contributed by atoms with van der Waals surface area (Å²) in [5, 5.41) is 2.66. The van der Waals surface area contributed by atoms with E-state index in [1.54, 1.807) is 18.2 Å². The van der Waals surface area contributed by atoms with Crippen LogP contribution >= 0.6 is 0 Å². The second-order valence-electron chi connectivity index (χ2n) is 4.14. The molecular formula is C12H11NO4. The highest BCUT2D eigenvalue weighted by Crippen LogP contribution is 2.33. The van der Waals surface area contributed by atoms with Gasteiger partial charge >= 0.3 is 0 Å². The van der Waals surface area contributed by atoms with Gasteiger partial charge in [0.2, 0.25) is 12.7 Å². The molecule has 1 N–H and O–H groups in total. The lowest BCUT2D eigenvalue weighted by Crippen LogP contribution is -2.18. The first-order valence-electron chi connectivity index (χ1n) is 5.44. The molecule has 0 aromatic heterocycles. The predicted molar refractivity (Wildman–Crippen MR) is 58.0 cm³/mol. The van der Waals surface area contributed by atoms with Crippen LogP contribution in [0.5, 0.6) is 11.5 Å². The summed E-state index contributed by atoms with van der Waals surface area (Å²) in [6.45, 7) is 0.614. The highest BCUT2D eigenvalue weighted by atomic mass is 16.7. The van der Waals surface area contributed by atoms with Gasteiger partial charge in [-0.1, -0.05) is 0 Å². The zero-order valence-electron chi connectivity index (χ0n) is 9.06. The van der Waals surface area contributed by atoms with Crippen molar-refractivity contribution in [3.05, 3.63) is 23.8 Å². The van der Waals surface area contributed by atoms with Gasteiger partial charge in [-0.15, -0.1) is 0 Å². The van der Waals surface area contributed by atoms with Gasteiger partial charge in [0.15, 0.2) is 17.3 Å². The molecular weight excluding hydrogens is 222 g/mol. The number of hydrogen-bond acceptors (Lipinski definition) is 4. The maximum atomic E-state index is 12.1. The zero-order chi connectivity index (χ0) is 11.8. The minimum atomic E-state index is -0.261. The fourth-order valence-electron chi connectivity index (χ4n) is 2.08. The van der Waals surface area contributed by atoms with E-state index in [-0.39, 0.29) is 30.8 Å². The molecule has 0 aliphatic carbocycles. The fourth-order valence-corrected chi connectivity index (χ4v) is 2.08. The summed E-state index contributed by atoms with van der Waals surface area (Å²) in [4.78, 5) is 23.2. The predicted octanol–water partition coefficient (Wildman–Crippen LogP) is 0.734. The summed E-state index contributed by atoms with van der Waals surface area (Å²) in [5.74, 6) is 0.893. The Morgan fingerprint density at radius 2 is 2.12 bits per heavy atom.